The first-order valence-electron chi connectivity index (χ1n) is 12.5. The summed E-state index contributed by atoms with van der Waals surface area (Å²) in [5.41, 5.74) is 13.6. The molecule has 0 unspecified atom stereocenters. The monoisotopic (exact) mass is 497 g/mol. The van der Waals surface area contributed by atoms with E-state index in [4.69, 9.17) is 15.2 Å². The van der Waals surface area contributed by atoms with E-state index in [1.54, 1.807) is 0 Å². The van der Waals surface area contributed by atoms with Crippen LogP contribution in [0.5, 0.6) is 11.5 Å². The molecule has 38 heavy (non-hydrogen) atoms. The van der Waals surface area contributed by atoms with Gasteiger partial charge < -0.3 is 15.2 Å². The Hall–Kier alpha value is -5.03. The van der Waals surface area contributed by atoms with Crippen molar-refractivity contribution in [1.82, 2.24) is 10.2 Å². The fourth-order valence-corrected chi connectivity index (χ4v) is 4.51. The smallest absolute Gasteiger partial charge is 0.153 e. The average Bonchev–Trinajstić information content (AvgIpc) is 3.35. The van der Waals surface area contributed by atoms with Crippen molar-refractivity contribution in [3.8, 4) is 33.8 Å². The van der Waals surface area contributed by atoms with E-state index in [2.05, 4.69) is 70.9 Å². The predicted octanol–water partition coefficient (Wildman–Crippen LogP) is 7.64. The molecule has 5 heteroatoms. The molecule has 6 aromatic rings. The van der Waals surface area contributed by atoms with Gasteiger partial charge in [-0.3, -0.25) is 5.10 Å². The van der Waals surface area contributed by atoms with Crippen molar-refractivity contribution in [1.29, 1.82) is 0 Å². The number of H-pyrrole nitrogens is 1. The first kappa shape index (κ1) is 23.4. The van der Waals surface area contributed by atoms with Gasteiger partial charge in [0.2, 0.25) is 0 Å². The molecule has 6 rings (SSSR count). The van der Waals surface area contributed by atoms with Gasteiger partial charge in [0.25, 0.3) is 0 Å². The molecule has 3 N–H and O–H groups in total. The third-order valence-electron chi connectivity index (χ3n) is 6.56. The fraction of sp³-hybridized carbons (Fsp3) is 0.0606. The van der Waals surface area contributed by atoms with Crippen LogP contribution in [0.2, 0.25) is 0 Å². The van der Waals surface area contributed by atoms with Gasteiger partial charge in [-0.2, -0.15) is 5.10 Å². The van der Waals surface area contributed by atoms with Crippen molar-refractivity contribution >= 4 is 16.7 Å². The Labute approximate surface area is 221 Å². The Balaban J connectivity index is 1.27. The van der Waals surface area contributed by atoms with E-state index in [0.29, 0.717) is 19.0 Å². The second kappa shape index (κ2) is 10.5. The number of anilines is 1. The number of rotatable bonds is 8. The minimum Gasteiger partial charge on any atom is -0.489 e. The van der Waals surface area contributed by atoms with Crippen molar-refractivity contribution in [3.63, 3.8) is 0 Å². The summed E-state index contributed by atoms with van der Waals surface area (Å²) in [6.07, 6.45) is 0. The molecule has 5 nitrogen and oxygen atoms in total. The maximum absolute atomic E-state index is 6.15. The van der Waals surface area contributed by atoms with E-state index < -0.39 is 0 Å². The number of hydrogen-bond donors (Lipinski definition) is 2. The van der Waals surface area contributed by atoms with Crippen molar-refractivity contribution in [2.45, 2.75) is 13.2 Å². The van der Waals surface area contributed by atoms with Crippen molar-refractivity contribution in [2.75, 3.05) is 5.73 Å². The third kappa shape index (κ3) is 5.08. The van der Waals surface area contributed by atoms with Crippen LogP contribution in [-0.2, 0) is 13.2 Å². The minimum atomic E-state index is 0.486. The van der Waals surface area contributed by atoms with E-state index in [1.165, 1.54) is 0 Å². The number of nitrogens with one attached hydrogen (secondary N) is 1. The van der Waals surface area contributed by atoms with Gasteiger partial charge in [-0.1, -0.05) is 84.9 Å². The number of aromatic amines is 1. The van der Waals surface area contributed by atoms with Gasteiger partial charge in [-0.25, -0.2) is 0 Å². The molecule has 1 heterocycles. The van der Waals surface area contributed by atoms with E-state index in [0.717, 1.165) is 55.8 Å². The van der Waals surface area contributed by atoms with E-state index in [9.17, 15) is 0 Å². The van der Waals surface area contributed by atoms with Gasteiger partial charge in [-0.15, -0.1) is 0 Å². The van der Waals surface area contributed by atoms with Gasteiger partial charge in [0, 0.05) is 5.39 Å². The summed E-state index contributed by atoms with van der Waals surface area (Å²) in [7, 11) is 0. The van der Waals surface area contributed by atoms with Gasteiger partial charge in [0.1, 0.15) is 24.7 Å². The lowest BCUT2D eigenvalue weighted by Gasteiger charge is -2.13. The minimum absolute atomic E-state index is 0.486. The summed E-state index contributed by atoms with van der Waals surface area (Å²) in [6, 6.07) is 40.9. The van der Waals surface area contributed by atoms with Crippen LogP contribution in [0.3, 0.4) is 0 Å². The number of nitrogens with two attached hydrogens (primary N) is 1. The molecule has 0 atom stereocenters. The van der Waals surface area contributed by atoms with Gasteiger partial charge >= 0.3 is 0 Å². The SMILES string of the molecule is Nc1n[nH]c2cc(-c3ccc(OCc4ccccc4)cc3)c(-c3ccc(OCc4ccccc4)cc3)cc12. The molecule has 0 amide bonds. The number of aromatic nitrogens is 2. The second-order valence-electron chi connectivity index (χ2n) is 9.15. The highest BCUT2D eigenvalue weighted by Gasteiger charge is 2.13. The molecule has 0 aliphatic heterocycles. The van der Waals surface area contributed by atoms with Gasteiger partial charge in [0.05, 0.1) is 5.52 Å². The number of nitrogen functional groups attached to an aromatic ring is 1. The topological polar surface area (TPSA) is 73.2 Å². The Morgan fingerprint density at radius 1 is 0.579 bits per heavy atom. The highest BCUT2D eigenvalue weighted by molar-refractivity contribution is 5.99. The zero-order valence-electron chi connectivity index (χ0n) is 20.8. The number of nitrogens with zero attached hydrogens (tertiary/aromatic N) is 1. The summed E-state index contributed by atoms with van der Waals surface area (Å²) in [6.45, 7) is 1.06. The zero-order valence-corrected chi connectivity index (χ0v) is 20.8. The maximum atomic E-state index is 6.15. The molecule has 186 valence electrons. The largest absolute Gasteiger partial charge is 0.489 e. The first-order valence-corrected chi connectivity index (χ1v) is 12.5. The first-order chi connectivity index (χ1) is 18.7. The van der Waals surface area contributed by atoms with Crippen LogP contribution in [0.1, 0.15) is 11.1 Å². The quantitative estimate of drug-likeness (QED) is 0.227. The van der Waals surface area contributed by atoms with E-state index >= 15 is 0 Å². The molecular weight excluding hydrogens is 470 g/mol. The molecule has 0 aliphatic carbocycles. The molecule has 0 saturated carbocycles. The summed E-state index contributed by atoms with van der Waals surface area (Å²) in [5.74, 6) is 2.13. The summed E-state index contributed by atoms with van der Waals surface area (Å²) >= 11 is 0. The van der Waals surface area contributed by atoms with Crippen molar-refractivity contribution < 1.29 is 9.47 Å². The Morgan fingerprint density at radius 2 is 1.05 bits per heavy atom. The Bertz CT molecular complexity index is 1640. The van der Waals surface area contributed by atoms with Crippen LogP contribution in [0.25, 0.3) is 33.2 Å². The highest BCUT2D eigenvalue weighted by Crippen LogP contribution is 2.37. The van der Waals surface area contributed by atoms with Crippen LogP contribution < -0.4 is 15.2 Å². The molecule has 5 aromatic carbocycles. The molecule has 0 aliphatic rings. The second-order valence-corrected chi connectivity index (χ2v) is 9.15. The maximum Gasteiger partial charge on any atom is 0.153 e. The average molecular weight is 498 g/mol. The standard InChI is InChI=1S/C33H27N3O2/c34-33-31-19-29(25-11-15-27(16-12-25)37-21-23-7-3-1-4-8-23)30(20-32(31)35-36-33)26-13-17-28(18-14-26)38-22-24-9-5-2-6-10-24/h1-20H,21-22H2,(H3,34,35,36). The predicted molar refractivity (Wildman–Crippen MR) is 153 cm³/mol. The lowest BCUT2D eigenvalue weighted by atomic mass is 9.93. The molecule has 1 aromatic heterocycles. The fourth-order valence-electron chi connectivity index (χ4n) is 4.51. The van der Waals surface area contributed by atoms with Crippen molar-refractivity contribution in [2.24, 2.45) is 0 Å². The molecule has 0 bridgehead atoms. The molecule has 0 spiro atoms. The summed E-state index contributed by atoms with van der Waals surface area (Å²) in [5, 5.41) is 8.16. The number of benzene rings is 5. The van der Waals surface area contributed by atoms with Crippen LogP contribution >= 0.6 is 0 Å². The zero-order chi connectivity index (χ0) is 25.7. The molecular formula is C33H27N3O2. The summed E-state index contributed by atoms with van der Waals surface area (Å²) < 4.78 is 12.0. The summed E-state index contributed by atoms with van der Waals surface area (Å²) in [4.78, 5) is 0. The number of hydrogen-bond acceptors (Lipinski definition) is 4. The van der Waals surface area contributed by atoms with Gasteiger partial charge in [-0.05, 0) is 69.8 Å². The van der Waals surface area contributed by atoms with Crippen LogP contribution in [0.15, 0.2) is 121 Å². The molecule has 0 saturated heterocycles. The Kier molecular flexibility index (Phi) is 6.48. The Morgan fingerprint density at radius 3 is 1.55 bits per heavy atom. The normalized spacial score (nSPS) is 10.9. The third-order valence-corrected chi connectivity index (χ3v) is 6.56. The van der Waals surface area contributed by atoms with Crippen LogP contribution in [-0.4, -0.2) is 10.2 Å². The molecule has 0 radical (unpaired) electrons. The molecule has 0 fully saturated rings. The number of ether oxygens (including phenoxy) is 2. The van der Waals surface area contributed by atoms with Gasteiger partial charge in [0.15, 0.2) is 5.82 Å². The van der Waals surface area contributed by atoms with Crippen molar-refractivity contribution in [3.05, 3.63) is 132 Å². The lowest BCUT2D eigenvalue weighted by Crippen LogP contribution is -1.95. The number of fused-ring (bicyclic) bond motifs is 1. The highest BCUT2D eigenvalue weighted by atomic mass is 16.5. The van der Waals surface area contributed by atoms with E-state index in [-0.39, 0.29) is 0 Å². The van der Waals surface area contributed by atoms with Crippen LogP contribution in [0.4, 0.5) is 5.82 Å². The van der Waals surface area contributed by atoms with E-state index in [1.807, 2.05) is 60.7 Å². The van der Waals surface area contributed by atoms with Crippen LogP contribution in [0, 0.1) is 0 Å². The lowest BCUT2D eigenvalue weighted by molar-refractivity contribution is 0.306.